The lowest BCUT2D eigenvalue weighted by molar-refractivity contribution is 0.206. The SMILES string of the molecule is Cn1ccnc1C(O)c1ccc(Oc2ccccc2)cc1. The number of benzene rings is 2. The summed E-state index contributed by atoms with van der Waals surface area (Å²) in [6.07, 6.45) is 2.74. The molecule has 0 bridgehead atoms. The fourth-order valence-electron chi connectivity index (χ4n) is 2.13. The van der Waals surface area contributed by atoms with Crippen LogP contribution in [0.25, 0.3) is 0 Å². The first-order chi connectivity index (χ1) is 10.2. The van der Waals surface area contributed by atoms with E-state index in [0.29, 0.717) is 5.82 Å². The van der Waals surface area contributed by atoms with Crippen molar-refractivity contribution in [2.24, 2.45) is 7.05 Å². The predicted octanol–water partition coefficient (Wildman–Crippen LogP) is 3.29. The van der Waals surface area contributed by atoms with Gasteiger partial charge in [-0.3, -0.25) is 0 Å². The van der Waals surface area contributed by atoms with Gasteiger partial charge in [-0.2, -0.15) is 0 Å². The summed E-state index contributed by atoms with van der Waals surface area (Å²) < 4.78 is 7.53. The van der Waals surface area contributed by atoms with Crippen molar-refractivity contribution in [3.8, 4) is 11.5 Å². The van der Waals surface area contributed by atoms with Crippen LogP contribution < -0.4 is 4.74 Å². The Labute approximate surface area is 123 Å². The van der Waals surface area contributed by atoms with Crippen LogP contribution in [0, 0.1) is 0 Å². The zero-order valence-corrected chi connectivity index (χ0v) is 11.7. The number of aromatic nitrogens is 2. The molecular weight excluding hydrogens is 264 g/mol. The van der Waals surface area contributed by atoms with E-state index in [0.717, 1.165) is 17.1 Å². The van der Waals surface area contributed by atoms with Crippen LogP contribution in [0.15, 0.2) is 67.0 Å². The molecule has 1 atom stereocenters. The van der Waals surface area contributed by atoms with Gasteiger partial charge >= 0.3 is 0 Å². The number of imidazole rings is 1. The van der Waals surface area contributed by atoms with Gasteiger partial charge in [0.25, 0.3) is 0 Å². The Kier molecular flexibility index (Phi) is 3.71. The van der Waals surface area contributed by atoms with Gasteiger partial charge in [0.2, 0.25) is 0 Å². The maximum Gasteiger partial charge on any atom is 0.142 e. The van der Waals surface area contributed by atoms with E-state index in [1.54, 1.807) is 10.8 Å². The van der Waals surface area contributed by atoms with Crippen LogP contribution in [0.4, 0.5) is 0 Å². The van der Waals surface area contributed by atoms with Crippen molar-refractivity contribution in [2.75, 3.05) is 0 Å². The summed E-state index contributed by atoms with van der Waals surface area (Å²) in [5.41, 5.74) is 0.782. The molecule has 0 radical (unpaired) electrons. The molecule has 0 saturated heterocycles. The Hall–Kier alpha value is -2.59. The molecule has 0 aliphatic rings. The van der Waals surface area contributed by atoms with E-state index in [1.165, 1.54) is 0 Å². The van der Waals surface area contributed by atoms with E-state index in [4.69, 9.17) is 4.74 Å². The highest BCUT2D eigenvalue weighted by Gasteiger charge is 2.14. The van der Waals surface area contributed by atoms with Gasteiger partial charge in [0.1, 0.15) is 23.4 Å². The molecular formula is C17H16N2O2. The topological polar surface area (TPSA) is 47.3 Å². The summed E-state index contributed by atoms with van der Waals surface area (Å²) in [7, 11) is 1.86. The summed E-state index contributed by atoms with van der Waals surface area (Å²) in [6, 6.07) is 17.0. The number of aliphatic hydroxyl groups is 1. The minimum absolute atomic E-state index is 0.617. The molecule has 0 aliphatic heterocycles. The molecule has 0 saturated carbocycles. The van der Waals surface area contributed by atoms with Crippen LogP contribution in [0.1, 0.15) is 17.5 Å². The fourth-order valence-corrected chi connectivity index (χ4v) is 2.13. The van der Waals surface area contributed by atoms with E-state index in [9.17, 15) is 5.11 Å². The molecule has 21 heavy (non-hydrogen) atoms. The number of para-hydroxylation sites is 1. The molecule has 1 N–H and O–H groups in total. The Bertz CT molecular complexity index is 705. The van der Waals surface area contributed by atoms with Crippen LogP contribution in [0.3, 0.4) is 0 Å². The van der Waals surface area contributed by atoms with Crippen molar-refractivity contribution in [2.45, 2.75) is 6.10 Å². The lowest BCUT2D eigenvalue weighted by atomic mass is 10.1. The molecule has 106 valence electrons. The van der Waals surface area contributed by atoms with Crippen LogP contribution in [0.2, 0.25) is 0 Å². The summed E-state index contributed by atoms with van der Waals surface area (Å²) in [5.74, 6) is 2.14. The molecule has 0 spiro atoms. The zero-order chi connectivity index (χ0) is 14.7. The number of aliphatic hydroxyl groups excluding tert-OH is 1. The van der Waals surface area contributed by atoms with Crippen molar-refractivity contribution in [3.05, 3.63) is 78.4 Å². The van der Waals surface area contributed by atoms with E-state index in [-0.39, 0.29) is 0 Å². The summed E-state index contributed by atoms with van der Waals surface area (Å²) >= 11 is 0. The van der Waals surface area contributed by atoms with E-state index in [2.05, 4.69) is 4.98 Å². The van der Waals surface area contributed by atoms with Gasteiger partial charge in [-0.1, -0.05) is 30.3 Å². The van der Waals surface area contributed by atoms with Crippen LogP contribution in [-0.2, 0) is 7.05 Å². The van der Waals surface area contributed by atoms with Gasteiger partial charge in [0.15, 0.2) is 0 Å². The van der Waals surface area contributed by atoms with E-state index in [1.807, 2.05) is 67.8 Å². The quantitative estimate of drug-likeness (QED) is 0.797. The molecule has 0 amide bonds. The first-order valence-electron chi connectivity index (χ1n) is 6.72. The molecule has 0 aliphatic carbocycles. The predicted molar refractivity (Wildman–Crippen MR) is 80.2 cm³/mol. The second-order valence-corrected chi connectivity index (χ2v) is 4.78. The van der Waals surface area contributed by atoms with Gasteiger partial charge in [-0.15, -0.1) is 0 Å². The Morgan fingerprint density at radius 3 is 2.29 bits per heavy atom. The van der Waals surface area contributed by atoms with E-state index >= 15 is 0 Å². The molecule has 4 nitrogen and oxygen atoms in total. The largest absolute Gasteiger partial charge is 0.457 e. The summed E-state index contributed by atoms with van der Waals surface area (Å²) in [4.78, 5) is 4.16. The lowest BCUT2D eigenvalue weighted by Gasteiger charge is -2.12. The third-order valence-electron chi connectivity index (χ3n) is 3.28. The van der Waals surface area contributed by atoms with Crippen molar-refractivity contribution >= 4 is 0 Å². The molecule has 1 heterocycles. The fraction of sp³-hybridized carbons (Fsp3) is 0.118. The monoisotopic (exact) mass is 280 g/mol. The minimum Gasteiger partial charge on any atom is -0.457 e. The van der Waals surface area contributed by atoms with Gasteiger partial charge < -0.3 is 14.4 Å². The standard InChI is InChI=1S/C17H16N2O2/c1-19-12-11-18-17(19)16(20)13-7-9-15(10-8-13)21-14-5-3-2-4-6-14/h2-12,16,20H,1H3. The number of hydrogen-bond donors (Lipinski definition) is 1. The highest BCUT2D eigenvalue weighted by atomic mass is 16.5. The average Bonchev–Trinajstić information content (AvgIpc) is 2.94. The molecule has 0 fully saturated rings. The molecule has 4 heteroatoms. The first-order valence-corrected chi connectivity index (χ1v) is 6.72. The number of rotatable bonds is 4. The normalized spacial score (nSPS) is 12.1. The highest BCUT2D eigenvalue weighted by molar-refractivity contribution is 5.34. The van der Waals surface area contributed by atoms with Crippen molar-refractivity contribution in [1.82, 2.24) is 9.55 Å². The number of hydrogen-bond acceptors (Lipinski definition) is 3. The van der Waals surface area contributed by atoms with E-state index < -0.39 is 6.10 Å². The smallest absolute Gasteiger partial charge is 0.142 e. The lowest BCUT2D eigenvalue weighted by Crippen LogP contribution is -2.06. The molecule has 2 aromatic carbocycles. The maximum absolute atomic E-state index is 10.3. The molecule has 3 rings (SSSR count). The second kappa shape index (κ2) is 5.81. The minimum atomic E-state index is -0.740. The Morgan fingerprint density at radius 1 is 1.00 bits per heavy atom. The Morgan fingerprint density at radius 2 is 1.67 bits per heavy atom. The number of ether oxygens (including phenoxy) is 1. The number of nitrogens with zero attached hydrogens (tertiary/aromatic N) is 2. The van der Waals surface area contributed by atoms with Crippen molar-refractivity contribution in [1.29, 1.82) is 0 Å². The molecule has 1 aromatic heterocycles. The summed E-state index contributed by atoms with van der Waals surface area (Å²) in [6.45, 7) is 0. The Balaban J connectivity index is 1.77. The van der Waals surface area contributed by atoms with Crippen LogP contribution in [-0.4, -0.2) is 14.7 Å². The summed E-state index contributed by atoms with van der Waals surface area (Å²) in [5, 5.41) is 10.3. The third kappa shape index (κ3) is 2.95. The van der Waals surface area contributed by atoms with Crippen LogP contribution in [0.5, 0.6) is 11.5 Å². The maximum atomic E-state index is 10.3. The van der Waals surface area contributed by atoms with Crippen LogP contribution >= 0.6 is 0 Å². The average molecular weight is 280 g/mol. The highest BCUT2D eigenvalue weighted by Crippen LogP contribution is 2.25. The second-order valence-electron chi connectivity index (χ2n) is 4.78. The number of aryl methyl sites for hydroxylation is 1. The van der Waals surface area contributed by atoms with Crippen molar-refractivity contribution in [3.63, 3.8) is 0 Å². The first kappa shape index (κ1) is 13.4. The van der Waals surface area contributed by atoms with Gasteiger partial charge in [-0.25, -0.2) is 4.98 Å². The third-order valence-corrected chi connectivity index (χ3v) is 3.28. The molecule has 3 aromatic rings. The van der Waals surface area contributed by atoms with Gasteiger partial charge in [-0.05, 0) is 29.8 Å². The van der Waals surface area contributed by atoms with Gasteiger partial charge in [0, 0.05) is 19.4 Å². The van der Waals surface area contributed by atoms with Crippen molar-refractivity contribution < 1.29 is 9.84 Å². The molecule has 1 unspecified atom stereocenters. The zero-order valence-electron chi connectivity index (χ0n) is 11.7. The van der Waals surface area contributed by atoms with Gasteiger partial charge in [0.05, 0.1) is 0 Å².